The molecule has 4 aliphatic heterocycles. The first kappa shape index (κ1) is 23.2. The molecule has 1 aliphatic carbocycles. The minimum Gasteiger partial charge on any atom is -0.370 e. The van der Waals surface area contributed by atoms with Crippen LogP contribution in [0.3, 0.4) is 0 Å². The number of carbonyl (C=O) groups excluding carboxylic acids is 2. The number of hydrogen-bond donors (Lipinski definition) is 2. The van der Waals surface area contributed by atoms with Crippen LogP contribution >= 0.6 is 0 Å². The summed E-state index contributed by atoms with van der Waals surface area (Å²) < 4.78 is 0. The Hall–Kier alpha value is -2.19. The van der Waals surface area contributed by atoms with E-state index in [1.165, 1.54) is 63.8 Å². The lowest BCUT2D eigenvalue weighted by Gasteiger charge is -2.51. The first-order chi connectivity index (χ1) is 16.9. The molecule has 5 heterocycles. The molecule has 2 spiro atoms. The van der Waals surface area contributed by atoms with Gasteiger partial charge in [0, 0.05) is 45.2 Å². The lowest BCUT2D eigenvalue weighted by molar-refractivity contribution is -0.140. The smallest absolute Gasteiger partial charge is 0.234 e. The number of rotatable bonds is 4. The molecule has 0 radical (unpaired) electrons. The Morgan fingerprint density at radius 2 is 1.74 bits per heavy atom. The fourth-order valence-corrected chi connectivity index (χ4v) is 7.41. The highest BCUT2D eigenvalue weighted by Gasteiger charge is 2.48. The highest BCUT2D eigenvalue weighted by molar-refractivity contribution is 6.01. The number of likely N-dealkylation sites (tertiary alicyclic amines) is 1. The van der Waals surface area contributed by atoms with Crippen LogP contribution in [-0.4, -0.2) is 73.6 Å². The molecule has 6 rings (SSSR count). The molecule has 1 unspecified atom stereocenters. The van der Waals surface area contributed by atoms with E-state index in [0.29, 0.717) is 30.8 Å². The van der Waals surface area contributed by atoms with Gasteiger partial charge in [-0.25, -0.2) is 4.98 Å². The zero-order valence-corrected chi connectivity index (χ0v) is 20.9. The van der Waals surface area contributed by atoms with Gasteiger partial charge in [0.1, 0.15) is 5.82 Å². The number of anilines is 2. The predicted molar refractivity (Wildman–Crippen MR) is 136 cm³/mol. The zero-order chi connectivity index (χ0) is 24.0. The molecule has 8 nitrogen and oxygen atoms in total. The molecule has 35 heavy (non-hydrogen) atoms. The third-order valence-corrected chi connectivity index (χ3v) is 9.78. The monoisotopic (exact) mass is 480 g/mol. The van der Waals surface area contributed by atoms with E-state index in [2.05, 4.69) is 32.1 Å². The van der Waals surface area contributed by atoms with Gasteiger partial charge in [-0.2, -0.15) is 0 Å². The van der Waals surface area contributed by atoms with E-state index in [0.717, 1.165) is 37.8 Å². The Kier molecular flexibility index (Phi) is 6.00. The lowest BCUT2D eigenvalue weighted by atomic mass is 9.60. The van der Waals surface area contributed by atoms with E-state index in [9.17, 15) is 9.59 Å². The SMILES string of the molecule is NC1CC2(CCN(CC3CCN(c4ccc(N5CCC6(CCC(=O)NC6=O)C5)nc4)CC3)CC2)C1. The molecule has 5 aliphatic rings. The van der Waals surface area contributed by atoms with Crippen LogP contribution in [0.4, 0.5) is 11.5 Å². The lowest BCUT2D eigenvalue weighted by Crippen LogP contribution is -2.52. The molecule has 1 saturated carbocycles. The number of imide groups is 1. The number of pyridine rings is 1. The van der Waals surface area contributed by atoms with Crippen molar-refractivity contribution in [2.45, 2.75) is 63.8 Å². The van der Waals surface area contributed by atoms with E-state index >= 15 is 0 Å². The van der Waals surface area contributed by atoms with Crippen molar-refractivity contribution in [3.8, 4) is 0 Å². The Morgan fingerprint density at radius 1 is 0.971 bits per heavy atom. The second-order valence-electron chi connectivity index (χ2n) is 12.1. The van der Waals surface area contributed by atoms with E-state index in [-0.39, 0.29) is 11.8 Å². The van der Waals surface area contributed by atoms with Crippen LogP contribution in [0.2, 0.25) is 0 Å². The zero-order valence-electron chi connectivity index (χ0n) is 20.9. The van der Waals surface area contributed by atoms with Crippen molar-refractivity contribution in [1.82, 2.24) is 15.2 Å². The maximum absolute atomic E-state index is 12.5. The number of nitrogens with zero attached hydrogens (tertiary/aromatic N) is 4. The highest BCUT2D eigenvalue weighted by atomic mass is 16.2. The minimum absolute atomic E-state index is 0.105. The Labute approximate surface area is 208 Å². The molecule has 0 bridgehead atoms. The number of nitrogens with two attached hydrogens (primary N) is 1. The molecule has 190 valence electrons. The maximum atomic E-state index is 12.5. The molecule has 1 atom stereocenters. The summed E-state index contributed by atoms with van der Waals surface area (Å²) in [4.78, 5) is 36.2. The third kappa shape index (κ3) is 4.55. The average molecular weight is 481 g/mol. The number of aromatic nitrogens is 1. The average Bonchev–Trinajstić information content (AvgIpc) is 3.29. The van der Waals surface area contributed by atoms with Crippen LogP contribution in [0.5, 0.6) is 0 Å². The van der Waals surface area contributed by atoms with E-state index in [1.807, 2.05) is 6.20 Å². The summed E-state index contributed by atoms with van der Waals surface area (Å²) >= 11 is 0. The van der Waals surface area contributed by atoms with Gasteiger partial charge in [0.15, 0.2) is 0 Å². The highest BCUT2D eigenvalue weighted by Crippen LogP contribution is 2.48. The fraction of sp³-hybridized carbons (Fsp3) is 0.741. The molecule has 5 fully saturated rings. The van der Waals surface area contributed by atoms with Gasteiger partial charge < -0.3 is 20.4 Å². The minimum atomic E-state index is -0.435. The molecule has 2 amide bonds. The molecule has 3 N–H and O–H groups in total. The van der Waals surface area contributed by atoms with Crippen molar-refractivity contribution in [2.75, 3.05) is 55.6 Å². The molecule has 8 heteroatoms. The van der Waals surface area contributed by atoms with Crippen molar-refractivity contribution < 1.29 is 9.59 Å². The number of piperidine rings is 3. The Bertz CT molecular complexity index is 943. The van der Waals surface area contributed by atoms with E-state index in [4.69, 9.17) is 10.7 Å². The number of amides is 2. The number of carbonyl (C=O) groups is 2. The second-order valence-corrected chi connectivity index (χ2v) is 12.1. The van der Waals surface area contributed by atoms with Crippen LogP contribution < -0.4 is 20.9 Å². The third-order valence-electron chi connectivity index (χ3n) is 9.78. The quantitative estimate of drug-likeness (QED) is 0.638. The second kappa shape index (κ2) is 9.04. The Morgan fingerprint density at radius 3 is 2.40 bits per heavy atom. The van der Waals surface area contributed by atoms with Gasteiger partial charge in [-0.15, -0.1) is 0 Å². The van der Waals surface area contributed by atoms with Gasteiger partial charge in [-0.05, 0) is 87.9 Å². The van der Waals surface area contributed by atoms with Crippen molar-refractivity contribution in [3.05, 3.63) is 18.3 Å². The van der Waals surface area contributed by atoms with Crippen molar-refractivity contribution in [1.29, 1.82) is 0 Å². The van der Waals surface area contributed by atoms with Crippen molar-refractivity contribution in [3.63, 3.8) is 0 Å². The maximum Gasteiger partial charge on any atom is 0.234 e. The van der Waals surface area contributed by atoms with Crippen molar-refractivity contribution >= 4 is 23.3 Å². The predicted octanol–water partition coefficient (Wildman–Crippen LogP) is 2.13. The van der Waals surface area contributed by atoms with E-state index in [1.54, 1.807) is 0 Å². The van der Waals surface area contributed by atoms with Gasteiger partial charge in [0.2, 0.25) is 11.8 Å². The molecule has 4 saturated heterocycles. The first-order valence-electron chi connectivity index (χ1n) is 13.7. The van der Waals surface area contributed by atoms with Crippen LogP contribution in [0.15, 0.2) is 18.3 Å². The molecular weight excluding hydrogens is 440 g/mol. The van der Waals surface area contributed by atoms with Crippen LogP contribution in [0.1, 0.15) is 57.8 Å². The fourth-order valence-electron chi connectivity index (χ4n) is 7.41. The molecule has 1 aromatic heterocycles. The summed E-state index contributed by atoms with van der Waals surface area (Å²) in [6, 6.07) is 4.75. The molecule has 0 aromatic carbocycles. The largest absolute Gasteiger partial charge is 0.370 e. The van der Waals surface area contributed by atoms with Gasteiger partial charge in [0.25, 0.3) is 0 Å². The summed E-state index contributed by atoms with van der Waals surface area (Å²) in [6.45, 7) is 7.42. The van der Waals surface area contributed by atoms with Gasteiger partial charge in [0.05, 0.1) is 17.3 Å². The molecule has 1 aromatic rings. The summed E-state index contributed by atoms with van der Waals surface area (Å²) in [7, 11) is 0. The van der Waals surface area contributed by atoms with E-state index < -0.39 is 5.41 Å². The van der Waals surface area contributed by atoms with Gasteiger partial charge >= 0.3 is 0 Å². The van der Waals surface area contributed by atoms with Crippen LogP contribution in [0, 0.1) is 16.7 Å². The Balaban J connectivity index is 0.974. The summed E-state index contributed by atoms with van der Waals surface area (Å²) in [5.74, 6) is 1.48. The summed E-state index contributed by atoms with van der Waals surface area (Å²) in [5.41, 5.74) is 7.41. The van der Waals surface area contributed by atoms with Crippen LogP contribution in [-0.2, 0) is 9.59 Å². The number of nitrogens with one attached hydrogen (secondary N) is 1. The standard InChI is InChI=1S/C27H40N6O2/c28-21-15-26(16-21)7-12-31(13-8-26)18-20-4-10-32(11-5-20)22-1-2-23(29-17-22)33-14-9-27(19-33)6-3-24(34)30-25(27)35/h1-2,17,20-21H,3-16,18-19,28H2,(H,30,34,35). The number of hydrogen-bond acceptors (Lipinski definition) is 7. The summed E-state index contributed by atoms with van der Waals surface area (Å²) in [6.07, 6.45) is 11.6. The normalized spacial score (nSPS) is 30.2. The summed E-state index contributed by atoms with van der Waals surface area (Å²) in [5, 5.41) is 2.54. The first-order valence-corrected chi connectivity index (χ1v) is 13.7. The molecular formula is C27H40N6O2. The van der Waals surface area contributed by atoms with Gasteiger partial charge in [-0.3, -0.25) is 14.9 Å². The topological polar surface area (TPSA) is 94.8 Å². The van der Waals surface area contributed by atoms with Gasteiger partial charge in [-0.1, -0.05) is 0 Å². The van der Waals surface area contributed by atoms with Crippen molar-refractivity contribution in [2.24, 2.45) is 22.5 Å². The van der Waals surface area contributed by atoms with Crippen LogP contribution in [0.25, 0.3) is 0 Å².